The van der Waals surface area contributed by atoms with Crippen molar-refractivity contribution in [3.63, 3.8) is 0 Å². The number of nitrogens with zero attached hydrogens (tertiary/aromatic N) is 1. The molecule has 1 atom stereocenters. The lowest BCUT2D eigenvalue weighted by atomic mass is 10.1. The van der Waals surface area contributed by atoms with Crippen molar-refractivity contribution in [1.29, 1.82) is 0 Å². The number of Topliss-reactive ketones (excluding diaryl/α,β-unsaturated/α-hetero) is 1. The molecule has 0 aliphatic carbocycles. The van der Waals surface area contributed by atoms with Gasteiger partial charge in [-0.1, -0.05) is 0 Å². The summed E-state index contributed by atoms with van der Waals surface area (Å²) in [5.41, 5.74) is 0. The maximum atomic E-state index is 12.0. The Morgan fingerprint density at radius 3 is 2.64 bits per heavy atom. The van der Waals surface area contributed by atoms with Crippen molar-refractivity contribution in [2.24, 2.45) is 0 Å². The van der Waals surface area contributed by atoms with Crippen LogP contribution in [0.25, 0.3) is 0 Å². The van der Waals surface area contributed by atoms with Gasteiger partial charge in [0.15, 0.2) is 0 Å². The highest BCUT2D eigenvalue weighted by Crippen LogP contribution is 2.20. The Bertz CT molecular complexity index is 242. The highest BCUT2D eigenvalue weighted by molar-refractivity contribution is 5.90. The fourth-order valence-corrected chi connectivity index (χ4v) is 1.24. The first kappa shape index (κ1) is 11.0. The molecule has 1 heterocycles. The highest BCUT2D eigenvalue weighted by atomic mass is 19.4. The minimum Gasteiger partial charge on any atom is -0.321 e. The summed E-state index contributed by atoms with van der Waals surface area (Å²) in [5, 5.41) is 2.61. The van der Waals surface area contributed by atoms with Crippen molar-refractivity contribution >= 4 is 12.2 Å². The van der Waals surface area contributed by atoms with Crippen LogP contribution in [0.15, 0.2) is 0 Å². The molecule has 0 spiro atoms. The lowest BCUT2D eigenvalue weighted by Gasteiger charge is -2.31. The van der Waals surface area contributed by atoms with Crippen LogP contribution in [0, 0.1) is 0 Å². The number of halogens is 3. The number of alkyl halides is 3. The highest BCUT2D eigenvalue weighted by Gasteiger charge is 2.46. The normalized spacial score (nSPS) is 23.4. The van der Waals surface area contributed by atoms with Crippen molar-refractivity contribution in [2.45, 2.75) is 12.2 Å². The Hall–Kier alpha value is -1.11. The predicted octanol–water partition coefficient (Wildman–Crippen LogP) is -0.541. The van der Waals surface area contributed by atoms with Crippen LogP contribution in [-0.4, -0.2) is 48.9 Å². The van der Waals surface area contributed by atoms with Gasteiger partial charge in [0.05, 0.1) is 0 Å². The molecule has 1 fully saturated rings. The van der Waals surface area contributed by atoms with Crippen molar-refractivity contribution in [3.05, 3.63) is 0 Å². The minimum absolute atomic E-state index is 0.0655. The van der Waals surface area contributed by atoms with E-state index < -0.39 is 18.0 Å². The van der Waals surface area contributed by atoms with Gasteiger partial charge < -0.3 is 10.2 Å². The van der Waals surface area contributed by atoms with E-state index in [-0.39, 0.29) is 13.1 Å². The summed E-state index contributed by atoms with van der Waals surface area (Å²) < 4.78 is 36.0. The molecule has 0 aromatic rings. The molecule has 0 aromatic carbocycles. The molecule has 1 amide bonds. The Kier molecular flexibility index (Phi) is 3.10. The average Bonchev–Trinajstić information content (AvgIpc) is 2.15. The van der Waals surface area contributed by atoms with Gasteiger partial charge in [0.2, 0.25) is 0 Å². The summed E-state index contributed by atoms with van der Waals surface area (Å²) in [6.45, 7) is 0.264. The van der Waals surface area contributed by atoms with Crippen LogP contribution in [0.1, 0.15) is 0 Å². The van der Waals surface area contributed by atoms with E-state index in [9.17, 15) is 22.8 Å². The molecule has 1 aliphatic rings. The van der Waals surface area contributed by atoms with Crippen molar-refractivity contribution in [1.82, 2.24) is 10.2 Å². The van der Waals surface area contributed by atoms with Crippen LogP contribution in [0.3, 0.4) is 0 Å². The zero-order valence-electron chi connectivity index (χ0n) is 7.10. The monoisotopic (exact) mass is 209 g/mol. The Balaban J connectivity index is 2.73. The molecule has 79 valence electrons. The van der Waals surface area contributed by atoms with E-state index in [2.05, 4.69) is 5.32 Å². The second kappa shape index (κ2) is 3.95. The third kappa shape index (κ3) is 2.22. The zero-order valence-corrected chi connectivity index (χ0v) is 7.10. The van der Waals surface area contributed by atoms with Crippen LogP contribution in [0.4, 0.5) is 13.2 Å². The van der Waals surface area contributed by atoms with Gasteiger partial charge in [-0.05, 0) is 0 Å². The molecule has 0 aromatic heterocycles. The van der Waals surface area contributed by atoms with Gasteiger partial charge in [-0.3, -0.25) is 9.59 Å². The van der Waals surface area contributed by atoms with Gasteiger partial charge in [-0.25, -0.2) is 0 Å². The van der Waals surface area contributed by atoms with Crippen LogP contribution in [-0.2, 0) is 9.59 Å². The molecule has 1 aliphatic heterocycles. The van der Waals surface area contributed by atoms with Crippen molar-refractivity contribution in [2.75, 3.05) is 19.6 Å². The topological polar surface area (TPSA) is 49.4 Å². The molecule has 1 N–H and O–H groups in total. The van der Waals surface area contributed by atoms with E-state index in [1.54, 1.807) is 0 Å². The van der Waals surface area contributed by atoms with Crippen LogP contribution in [0.5, 0.6) is 0 Å². The molecule has 1 rings (SSSR count). The summed E-state index contributed by atoms with van der Waals surface area (Å²) in [4.78, 5) is 21.8. The van der Waals surface area contributed by atoms with Crippen molar-refractivity contribution in [3.8, 4) is 0 Å². The molecular weight excluding hydrogens is 201 g/mol. The number of amides is 1. The third-order valence-electron chi connectivity index (χ3n) is 1.94. The van der Waals surface area contributed by atoms with E-state index in [1.165, 1.54) is 6.41 Å². The fraction of sp³-hybridized carbons (Fsp3) is 0.714. The molecule has 1 unspecified atom stereocenters. The largest absolute Gasteiger partial charge is 0.452 e. The molecule has 1 radical (unpaired) electrons. The first-order chi connectivity index (χ1) is 6.46. The van der Waals surface area contributed by atoms with Crippen LogP contribution in [0.2, 0.25) is 0 Å². The second-order valence-corrected chi connectivity index (χ2v) is 2.87. The Morgan fingerprint density at radius 2 is 2.14 bits per heavy atom. The lowest BCUT2D eigenvalue weighted by Crippen LogP contribution is -2.57. The molecule has 14 heavy (non-hydrogen) atoms. The summed E-state index contributed by atoms with van der Waals surface area (Å²) >= 11 is 0. The molecule has 4 nitrogen and oxygen atoms in total. The number of carbonyl (C=O) groups excluding carboxylic acids is 2. The second-order valence-electron chi connectivity index (χ2n) is 2.87. The smallest absolute Gasteiger partial charge is 0.321 e. The van der Waals surface area contributed by atoms with Gasteiger partial charge in [0.25, 0.3) is 5.78 Å². The summed E-state index contributed by atoms with van der Waals surface area (Å²) in [5.74, 6) is -1.91. The van der Waals surface area contributed by atoms with Gasteiger partial charge in [0.1, 0.15) is 6.04 Å². The molecular formula is C7H8F3N2O2. The quantitative estimate of drug-likeness (QED) is 0.664. The predicted molar refractivity (Wildman–Crippen MR) is 40.1 cm³/mol. The Labute approximate surface area is 78.1 Å². The van der Waals surface area contributed by atoms with E-state index >= 15 is 0 Å². The number of nitrogens with one attached hydrogen (secondary N) is 1. The van der Waals surface area contributed by atoms with Crippen LogP contribution < -0.4 is 5.32 Å². The average molecular weight is 209 g/mol. The summed E-state index contributed by atoms with van der Waals surface area (Å²) in [6, 6.07) is -1.47. The van der Waals surface area contributed by atoms with Crippen molar-refractivity contribution < 1.29 is 22.8 Å². The maximum Gasteiger partial charge on any atom is 0.452 e. The van der Waals surface area contributed by atoms with Gasteiger partial charge in [-0.2, -0.15) is 13.2 Å². The number of carbonyl (C=O) groups is 1. The third-order valence-corrected chi connectivity index (χ3v) is 1.94. The number of piperazine rings is 1. The van der Waals surface area contributed by atoms with Crippen LogP contribution >= 0.6 is 0 Å². The minimum atomic E-state index is -4.90. The number of hydrogen-bond acceptors (Lipinski definition) is 3. The van der Waals surface area contributed by atoms with E-state index in [0.29, 0.717) is 6.54 Å². The van der Waals surface area contributed by atoms with Gasteiger partial charge >= 0.3 is 12.6 Å². The maximum absolute atomic E-state index is 12.0. The molecule has 7 heteroatoms. The molecule has 1 saturated heterocycles. The molecule has 0 saturated carbocycles. The number of hydrogen-bond donors (Lipinski definition) is 1. The fourth-order valence-electron chi connectivity index (χ4n) is 1.24. The SMILES string of the molecule is O=[C]N1CCNCC1C(=O)C(F)(F)F. The number of rotatable bonds is 2. The lowest BCUT2D eigenvalue weighted by molar-refractivity contribution is -0.175. The van der Waals surface area contributed by atoms with E-state index in [0.717, 1.165) is 4.90 Å². The summed E-state index contributed by atoms with van der Waals surface area (Å²) in [7, 11) is 0. The summed E-state index contributed by atoms with van der Waals surface area (Å²) in [6.07, 6.45) is -3.57. The van der Waals surface area contributed by atoms with E-state index in [4.69, 9.17) is 0 Å². The zero-order chi connectivity index (χ0) is 10.8. The standard InChI is InChI=1S/C7H8F3N2O2/c8-7(9,10)6(14)5-3-11-1-2-12(5)4-13/h5,11H,1-3H2. The number of ketones is 1. The van der Waals surface area contributed by atoms with Gasteiger partial charge in [0, 0.05) is 19.6 Å². The Morgan fingerprint density at radius 1 is 1.50 bits per heavy atom. The van der Waals surface area contributed by atoms with E-state index in [1.807, 2.05) is 0 Å². The first-order valence-corrected chi connectivity index (χ1v) is 3.93. The first-order valence-electron chi connectivity index (χ1n) is 3.93. The molecule has 0 bridgehead atoms. The van der Waals surface area contributed by atoms with Gasteiger partial charge in [-0.15, -0.1) is 0 Å².